The number of hydrogen-bond donors (Lipinski definition) is 1. The zero-order valence-corrected chi connectivity index (χ0v) is 19.3. The number of benzene rings is 1. The van der Waals surface area contributed by atoms with E-state index in [4.69, 9.17) is 9.15 Å². The van der Waals surface area contributed by atoms with Gasteiger partial charge in [-0.3, -0.25) is 9.59 Å². The van der Waals surface area contributed by atoms with Crippen LogP contribution in [0.3, 0.4) is 0 Å². The zero-order valence-electron chi connectivity index (χ0n) is 18.5. The molecule has 0 bridgehead atoms. The van der Waals surface area contributed by atoms with Crippen molar-refractivity contribution in [3.05, 3.63) is 70.3 Å². The minimum absolute atomic E-state index is 0.103. The Balaban J connectivity index is 1.60. The second-order valence-electron chi connectivity index (χ2n) is 7.45. The molecule has 1 N–H and O–H groups in total. The van der Waals surface area contributed by atoms with Gasteiger partial charge in [-0.2, -0.15) is 5.26 Å². The minimum atomic E-state index is -0.510. The molecule has 0 saturated carbocycles. The zero-order chi connectivity index (χ0) is 23.3. The summed E-state index contributed by atoms with van der Waals surface area (Å²) in [5.74, 6) is 0.167. The lowest BCUT2D eigenvalue weighted by Crippen LogP contribution is -2.23. The van der Waals surface area contributed by atoms with Gasteiger partial charge < -0.3 is 19.0 Å². The molecular formula is C24H25N3O4S. The van der Waals surface area contributed by atoms with Crippen LogP contribution in [0.15, 0.2) is 45.9 Å². The molecule has 2 heterocycles. The topological polar surface area (TPSA) is 97.3 Å². The third-order valence-electron chi connectivity index (χ3n) is 5.29. The Hall–Kier alpha value is -3.44. The van der Waals surface area contributed by atoms with Crippen LogP contribution in [-0.4, -0.2) is 28.8 Å². The van der Waals surface area contributed by atoms with Crippen molar-refractivity contribution >= 4 is 29.5 Å². The molecule has 8 heteroatoms. The summed E-state index contributed by atoms with van der Waals surface area (Å²) < 4.78 is 12.3. The molecular weight excluding hydrogens is 426 g/mol. The van der Waals surface area contributed by atoms with Crippen LogP contribution in [0.1, 0.15) is 33.7 Å². The van der Waals surface area contributed by atoms with Gasteiger partial charge in [-0.1, -0.05) is 6.07 Å². The molecule has 2 aromatic heterocycles. The maximum Gasteiger partial charge on any atom is 0.316 e. The summed E-state index contributed by atoms with van der Waals surface area (Å²) in [7, 11) is 0. The highest BCUT2D eigenvalue weighted by atomic mass is 32.2. The summed E-state index contributed by atoms with van der Waals surface area (Å²) in [6.07, 6.45) is 1.57. The summed E-state index contributed by atoms with van der Waals surface area (Å²) in [5, 5.41) is 12.3. The van der Waals surface area contributed by atoms with Crippen LogP contribution in [0, 0.1) is 39.0 Å². The van der Waals surface area contributed by atoms with Gasteiger partial charge in [-0.15, -0.1) is 11.8 Å². The number of aromatic nitrogens is 1. The van der Waals surface area contributed by atoms with Crippen LogP contribution in [-0.2, 0) is 20.9 Å². The van der Waals surface area contributed by atoms with E-state index in [1.54, 1.807) is 12.3 Å². The Morgan fingerprint density at radius 3 is 2.62 bits per heavy atom. The van der Waals surface area contributed by atoms with Crippen LogP contribution in [0.25, 0.3) is 0 Å². The normalized spacial score (nSPS) is 10.6. The summed E-state index contributed by atoms with van der Waals surface area (Å²) in [6.45, 7) is 7.68. The molecule has 3 aromatic rings. The molecule has 166 valence electrons. The molecule has 0 aliphatic carbocycles. The van der Waals surface area contributed by atoms with Crippen molar-refractivity contribution in [1.82, 2.24) is 4.57 Å². The summed E-state index contributed by atoms with van der Waals surface area (Å²) in [4.78, 5) is 25.5. The number of carbonyl (C=O) groups is 2. The Morgan fingerprint density at radius 1 is 1.19 bits per heavy atom. The van der Waals surface area contributed by atoms with Crippen molar-refractivity contribution in [2.75, 3.05) is 17.7 Å². The van der Waals surface area contributed by atoms with E-state index in [9.17, 15) is 14.9 Å². The average Bonchev–Trinajstić information content (AvgIpc) is 3.36. The molecule has 0 spiro atoms. The Bertz CT molecular complexity index is 1170. The number of anilines is 1. The summed E-state index contributed by atoms with van der Waals surface area (Å²) in [5.41, 5.74) is 4.33. The van der Waals surface area contributed by atoms with Crippen LogP contribution in [0.2, 0.25) is 0 Å². The molecule has 0 radical (unpaired) electrons. The molecule has 1 aromatic carbocycles. The second kappa shape index (κ2) is 10.2. The van der Waals surface area contributed by atoms with E-state index in [-0.39, 0.29) is 5.75 Å². The lowest BCUT2D eigenvalue weighted by molar-refractivity contribution is -0.144. The van der Waals surface area contributed by atoms with Crippen LogP contribution >= 0.6 is 11.8 Å². The highest BCUT2D eigenvalue weighted by Gasteiger charge is 2.21. The fraction of sp³-hybridized carbons (Fsp3) is 0.292. The number of ether oxygens (including phenoxy) is 1. The van der Waals surface area contributed by atoms with Gasteiger partial charge in [0, 0.05) is 10.6 Å². The van der Waals surface area contributed by atoms with Crippen molar-refractivity contribution < 1.29 is 18.7 Å². The lowest BCUT2D eigenvalue weighted by atomic mass is 10.1. The molecule has 3 rings (SSSR count). The molecule has 0 unspecified atom stereocenters. The number of nitrogens with one attached hydrogen (secondary N) is 1. The van der Waals surface area contributed by atoms with Gasteiger partial charge in [0.05, 0.1) is 24.1 Å². The third-order valence-corrected chi connectivity index (χ3v) is 6.26. The van der Waals surface area contributed by atoms with E-state index >= 15 is 0 Å². The maximum atomic E-state index is 12.5. The van der Waals surface area contributed by atoms with E-state index in [1.807, 2.05) is 56.5 Å². The molecule has 0 aliphatic heterocycles. The number of aryl methyl sites for hydroxylation is 2. The standard InChI is InChI=1S/C24H25N3O4S/c1-15-7-8-20(10-16(15)2)32-14-23(29)31-13-22(28)26-24-21(11-25)17(3)18(4)27(24)12-19-6-5-9-30-19/h5-10H,12-14H2,1-4H3,(H,26,28). The lowest BCUT2D eigenvalue weighted by Gasteiger charge is -2.12. The fourth-order valence-electron chi connectivity index (χ4n) is 3.19. The van der Waals surface area contributed by atoms with Crippen molar-refractivity contribution in [2.45, 2.75) is 39.1 Å². The monoisotopic (exact) mass is 451 g/mol. The van der Waals surface area contributed by atoms with Crippen LogP contribution in [0.5, 0.6) is 0 Å². The first-order chi connectivity index (χ1) is 15.3. The minimum Gasteiger partial charge on any atom is -0.467 e. The first-order valence-corrected chi connectivity index (χ1v) is 11.1. The van der Waals surface area contributed by atoms with Crippen LogP contribution in [0.4, 0.5) is 5.82 Å². The largest absolute Gasteiger partial charge is 0.467 e. The average molecular weight is 452 g/mol. The Morgan fingerprint density at radius 2 is 1.97 bits per heavy atom. The molecule has 0 fully saturated rings. The Labute approximate surface area is 191 Å². The number of hydrogen-bond acceptors (Lipinski definition) is 6. The van der Waals surface area contributed by atoms with Gasteiger partial charge in [0.15, 0.2) is 6.61 Å². The van der Waals surface area contributed by atoms with Gasteiger partial charge >= 0.3 is 5.97 Å². The van der Waals surface area contributed by atoms with Gasteiger partial charge in [-0.05, 0) is 68.7 Å². The number of thioether (sulfide) groups is 1. The fourth-order valence-corrected chi connectivity index (χ4v) is 3.98. The quantitative estimate of drug-likeness (QED) is 0.400. The summed E-state index contributed by atoms with van der Waals surface area (Å²) in [6, 6.07) is 11.7. The van der Waals surface area contributed by atoms with Gasteiger partial charge in [-0.25, -0.2) is 0 Å². The van der Waals surface area contributed by atoms with E-state index in [0.717, 1.165) is 21.7 Å². The first-order valence-electron chi connectivity index (χ1n) is 10.1. The molecule has 7 nitrogen and oxygen atoms in total. The molecule has 1 amide bonds. The molecule has 0 saturated heterocycles. The van der Waals surface area contributed by atoms with Crippen LogP contribution < -0.4 is 5.32 Å². The molecule has 0 atom stereocenters. The SMILES string of the molecule is Cc1ccc(SCC(=O)OCC(=O)Nc2c(C#N)c(C)c(C)n2Cc2ccco2)cc1C. The highest BCUT2D eigenvalue weighted by Crippen LogP contribution is 2.27. The smallest absolute Gasteiger partial charge is 0.316 e. The van der Waals surface area contributed by atoms with Gasteiger partial charge in [0.2, 0.25) is 0 Å². The number of nitrogens with zero attached hydrogens (tertiary/aromatic N) is 2. The summed E-state index contributed by atoms with van der Waals surface area (Å²) >= 11 is 1.36. The van der Waals surface area contributed by atoms with Crippen molar-refractivity contribution in [1.29, 1.82) is 5.26 Å². The predicted molar refractivity (Wildman–Crippen MR) is 123 cm³/mol. The third kappa shape index (κ3) is 5.42. The highest BCUT2D eigenvalue weighted by molar-refractivity contribution is 8.00. The Kier molecular flexibility index (Phi) is 7.44. The number of carbonyl (C=O) groups excluding carboxylic acids is 2. The maximum absolute atomic E-state index is 12.5. The van der Waals surface area contributed by atoms with E-state index < -0.39 is 18.5 Å². The number of esters is 1. The van der Waals surface area contributed by atoms with Crippen molar-refractivity contribution in [3.63, 3.8) is 0 Å². The number of nitriles is 1. The van der Waals surface area contributed by atoms with E-state index in [0.29, 0.717) is 23.7 Å². The van der Waals surface area contributed by atoms with Crippen molar-refractivity contribution in [2.24, 2.45) is 0 Å². The van der Waals surface area contributed by atoms with E-state index in [1.165, 1.54) is 17.3 Å². The van der Waals surface area contributed by atoms with Gasteiger partial charge in [0.1, 0.15) is 17.6 Å². The number of amides is 1. The number of rotatable bonds is 8. The number of furan rings is 1. The molecule has 32 heavy (non-hydrogen) atoms. The predicted octanol–water partition coefficient (Wildman–Crippen LogP) is 4.51. The molecule has 0 aliphatic rings. The van der Waals surface area contributed by atoms with E-state index in [2.05, 4.69) is 11.4 Å². The van der Waals surface area contributed by atoms with Gasteiger partial charge in [0.25, 0.3) is 5.91 Å². The second-order valence-corrected chi connectivity index (χ2v) is 8.50. The first kappa shape index (κ1) is 23.2. The van der Waals surface area contributed by atoms with Crippen molar-refractivity contribution in [3.8, 4) is 6.07 Å².